The number of aromatic nitrogens is 2. The number of hydrogen-bond acceptors (Lipinski definition) is 3. The molecule has 6 nitrogen and oxygen atoms in total. The third-order valence-corrected chi connectivity index (χ3v) is 4.38. The number of urea groups is 1. The van der Waals surface area contributed by atoms with Crippen molar-refractivity contribution in [3.63, 3.8) is 0 Å². The topological polar surface area (TPSA) is 68.2 Å². The fourth-order valence-corrected chi connectivity index (χ4v) is 2.94. The summed E-state index contributed by atoms with van der Waals surface area (Å²) >= 11 is 0. The van der Waals surface area contributed by atoms with E-state index in [0.717, 1.165) is 29.2 Å². The number of rotatable bonds is 8. The SMILES string of the molecule is CCOc1cccc(CNC(=O)NCc2cccc(Cn3ccnc3C)c2)c1. The Morgan fingerprint density at radius 1 is 1.04 bits per heavy atom. The molecule has 0 bridgehead atoms. The van der Waals surface area contributed by atoms with Crippen LogP contribution in [0.2, 0.25) is 0 Å². The molecular formula is C22H26N4O2. The molecule has 1 aromatic heterocycles. The van der Waals surface area contributed by atoms with Crippen molar-refractivity contribution in [1.29, 1.82) is 0 Å². The van der Waals surface area contributed by atoms with E-state index in [0.29, 0.717) is 19.7 Å². The number of nitrogens with zero attached hydrogens (tertiary/aromatic N) is 2. The zero-order valence-electron chi connectivity index (χ0n) is 16.3. The first kappa shape index (κ1) is 19.5. The summed E-state index contributed by atoms with van der Waals surface area (Å²) in [5, 5.41) is 5.78. The molecule has 0 spiro atoms. The van der Waals surface area contributed by atoms with Crippen molar-refractivity contribution in [3.8, 4) is 5.75 Å². The highest BCUT2D eigenvalue weighted by atomic mass is 16.5. The van der Waals surface area contributed by atoms with Gasteiger partial charge in [0.2, 0.25) is 0 Å². The van der Waals surface area contributed by atoms with Crippen LogP contribution in [0.5, 0.6) is 5.75 Å². The molecule has 0 atom stereocenters. The molecule has 28 heavy (non-hydrogen) atoms. The highest BCUT2D eigenvalue weighted by Crippen LogP contribution is 2.13. The van der Waals surface area contributed by atoms with Crippen LogP contribution in [0.4, 0.5) is 4.79 Å². The molecule has 146 valence electrons. The number of amides is 2. The van der Waals surface area contributed by atoms with Gasteiger partial charge >= 0.3 is 6.03 Å². The van der Waals surface area contributed by atoms with E-state index in [1.807, 2.05) is 56.4 Å². The van der Waals surface area contributed by atoms with Crippen LogP contribution < -0.4 is 15.4 Å². The highest BCUT2D eigenvalue weighted by molar-refractivity contribution is 5.73. The Bertz CT molecular complexity index is 920. The number of nitrogens with one attached hydrogen (secondary N) is 2. The van der Waals surface area contributed by atoms with Gasteiger partial charge in [0.15, 0.2) is 0 Å². The first-order valence-electron chi connectivity index (χ1n) is 9.43. The Balaban J connectivity index is 1.48. The van der Waals surface area contributed by atoms with Crippen LogP contribution in [-0.2, 0) is 19.6 Å². The van der Waals surface area contributed by atoms with E-state index >= 15 is 0 Å². The zero-order chi connectivity index (χ0) is 19.8. The predicted molar refractivity (Wildman–Crippen MR) is 109 cm³/mol. The summed E-state index contributed by atoms with van der Waals surface area (Å²) in [6.07, 6.45) is 3.77. The van der Waals surface area contributed by atoms with Crippen molar-refractivity contribution < 1.29 is 9.53 Å². The quantitative estimate of drug-likeness (QED) is 0.629. The van der Waals surface area contributed by atoms with Crippen molar-refractivity contribution in [2.24, 2.45) is 0 Å². The fraction of sp³-hybridized carbons (Fsp3) is 0.273. The van der Waals surface area contributed by atoms with Crippen molar-refractivity contribution in [2.45, 2.75) is 33.5 Å². The molecule has 0 aliphatic rings. The molecule has 0 saturated carbocycles. The Labute approximate surface area is 165 Å². The number of benzene rings is 2. The molecule has 0 radical (unpaired) electrons. The van der Waals surface area contributed by atoms with Gasteiger partial charge in [-0.05, 0) is 42.7 Å². The van der Waals surface area contributed by atoms with Gasteiger partial charge in [-0.15, -0.1) is 0 Å². The lowest BCUT2D eigenvalue weighted by atomic mass is 10.1. The Kier molecular flexibility index (Phi) is 6.68. The van der Waals surface area contributed by atoms with E-state index < -0.39 is 0 Å². The van der Waals surface area contributed by atoms with Crippen molar-refractivity contribution >= 4 is 6.03 Å². The number of carbonyl (C=O) groups excluding carboxylic acids is 1. The minimum absolute atomic E-state index is 0.197. The Morgan fingerprint density at radius 2 is 1.71 bits per heavy atom. The second-order valence-electron chi connectivity index (χ2n) is 6.54. The molecule has 3 aromatic rings. The van der Waals surface area contributed by atoms with Gasteiger partial charge in [0, 0.05) is 32.0 Å². The van der Waals surface area contributed by atoms with E-state index in [4.69, 9.17) is 4.74 Å². The first-order chi connectivity index (χ1) is 13.6. The summed E-state index contributed by atoms with van der Waals surface area (Å²) < 4.78 is 7.57. The van der Waals surface area contributed by atoms with Gasteiger partial charge in [0.25, 0.3) is 0 Å². The molecule has 3 rings (SSSR count). The minimum atomic E-state index is -0.197. The van der Waals surface area contributed by atoms with Gasteiger partial charge in [-0.3, -0.25) is 0 Å². The van der Waals surface area contributed by atoms with Gasteiger partial charge in [0.1, 0.15) is 11.6 Å². The lowest BCUT2D eigenvalue weighted by Gasteiger charge is -2.10. The smallest absolute Gasteiger partial charge is 0.315 e. The summed E-state index contributed by atoms with van der Waals surface area (Å²) in [6.45, 7) is 6.25. The summed E-state index contributed by atoms with van der Waals surface area (Å²) in [5.74, 6) is 1.79. The largest absolute Gasteiger partial charge is 0.494 e. The second kappa shape index (κ2) is 9.60. The third kappa shape index (κ3) is 5.61. The summed E-state index contributed by atoms with van der Waals surface area (Å²) in [6, 6.07) is 15.7. The van der Waals surface area contributed by atoms with Gasteiger partial charge in [0.05, 0.1) is 6.61 Å². The minimum Gasteiger partial charge on any atom is -0.494 e. The lowest BCUT2D eigenvalue weighted by molar-refractivity contribution is 0.240. The van der Waals surface area contributed by atoms with Crippen LogP contribution in [-0.4, -0.2) is 22.2 Å². The summed E-state index contributed by atoms with van der Waals surface area (Å²) in [5.41, 5.74) is 3.23. The number of hydrogen-bond donors (Lipinski definition) is 2. The fourth-order valence-electron chi connectivity index (χ4n) is 2.94. The third-order valence-electron chi connectivity index (χ3n) is 4.38. The average Bonchev–Trinajstić information content (AvgIpc) is 3.10. The standard InChI is InChI=1S/C22H26N4O2/c1-3-28-21-9-5-7-19(13-21)15-25-22(27)24-14-18-6-4-8-20(12-18)16-26-11-10-23-17(26)2/h4-13H,3,14-16H2,1-2H3,(H2,24,25,27). The van der Waals surface area contributed by atoms with Gasteiger partial charge in [-0.2, -0.15) is 0 Å². The molecule has 0 unspecified atom stereocenters. The zero-order valence-corrected chi connectivity index (χ0v) is 16.3. The molecule has 2 N–H and O–H groups in total. The predicted octanol–water partition coefficient (Wildman–Crippen LogP) is 3.64. The van der Waals surface area contributed by atoms with E-state index in [1.54, 1.807) is 6.20 Å². The first-order valence-corrected chi connectivity index (χ1v) is 9.43. The lowest BCUT2D eigenvalue weighted by Crippen LogP contribution is -2.34. The van der Waals surface area contributed by atoms with Crippen LogP contribution in [0.25, 0.3) is 0 Å². The molecule has 2 aromatic carbocycles. The van der Waals surface area contributed by atoms with E-state index in [9.17, 15) is 4.79 Å². The second-order valence-corrected chi connectivity index (χ2v) is 6.54. The van der Waals surface area contributed by atoms with Crippen molar-refractivity contribution in [1.82, 2.24) is 20.2 Å². The monoisotopic (exact) mass is 378 g/mol. The normalized spacial score (nSPS) is 10.5. The van der Waals surface area contributed by atoms with Gasteiger partial charge < -0.3 is 19.9 Å². The molecule has 0 aliphatic heterocycles. The summed E-state index contributed by atoms with van der Waals surface area (Å²) in [7, 11) is 0. The van der Waals surface area contributed by atoms with Crippen LogP contribution in [0.1, 0.15) is 29.4 Å². The van der Waals surface area contributed by atoms with Gasteiger partial charge in [-0.1, -0.05) is 36.4 Å². The molecular weight excluding hydrogens is 352 g/mol. The maximum atomic E-state index is 12.1. The van der Waals surface area contributed by atoms with Crippen LogP contribution in [0.15, 0.2) is 60.9 Å². The summed E-state index contributed by atoms with van der Waals surface area (Å²) in [4.78, 5) is 16.4. The molecule has 0 aliphatic carbocycles. The molecule has 0 saturated heterocycles. The van der Waals surface area contributed by atoms with Crippen LogP contribution >= 0.6 is 0 Å². The maximum absolute atomic E-state index is 12.1. The molecule has 2 amide bonds. The van der Waals surface area contributed by atoms with Crippen molar-refractivity contribution in [2.75, 3.05) is 6.61 Å². The average molecular weight is 378 g/mol. The number of imidazole rings is 1. The van der Waals surface area contributed by atoms with Crippen LogP contribution in [0.3, 0.4) is 0 Å². The molecule has 0 fully saturated rings. The molecule has 6 heteroatoms. The number of ether oxygens (including phenoxy) is 1. The van der Waals surface area contributed by atoms with E-state index in [-0.39, 0.29) is 6.03 Å². The number of carbonyl (C=O) groups is 1. The van der Waals surface area contributed by atoms with E-state index in [2.05, 4.69) is 32.3 Å². The van der Waals surface area contributed by atoms with Gasteiger partial charge in [-0.25, -0.2) is 9.78 Å². The van der Waals surface area contributed by atoms with Crippen LogP contribution in [0, 0.1) is 6.92 Å². The Hall–Kier alpha value is -3.28. The molecule has 1 heterocycles. The van der Waals surface area contributed by atoms with Crippen molar-refractivity contribution in [3.05, 3.63) is 83.4 Å². The highest BCUT2D eigenvalue weighted by Gasteiger charge is 2.04. The Morgan fingerprint density at radius 3 is 2.39 bits per heavy atom. The number of aryl methyl sites for hydroxylation is 1. The maximum Gasteiger partial charge on any atom is 0.315 e. The van der Waals surface area contributed by atoms with E-state index in [1.165, 1.54) is 5.56 Å².